The quantitative estimate of drug-likeness (QED) is 0.00927. The van der Waals surface area contributed by atoms with Crippen LogP contribution in [0.25, 0.3) is 0 Å². The summed E-state index contributed by atoms with van der Waals surface area (Å²) in [5.41, 5.74) is 6.90. The number of rotatable bonds is 42. The van der Waals surface area contributed by atoms with Crippen LogP contribution in [-0.4, -0.2) is 250 Å². The second kappa shape index (κ2) is 55.8. The van der Waals surface area contributed by atoms with E-state index in [1.807, 2.05) is 67.2 Å². The normalized spacial score (nSPS) is 16.3. The lowest BCUT2D eigenvalue weighted by Crippen LogP contribution is -2.59. The van der Waals surface area contributed by atoms with Gasteiger partial charge in [0.2, 0.25) is 29.4 Å². The molecule has 118 heavy (non-hydrogen) atoms. The molecule has 5 N–H and O–H groups in total. The van der Waals surface area contributed by atoms with Gasteiger partial charge in [-0.15, -0.1) is 23.2 Å². The van der Waals surface area contributed by atoms with Crippen LogP contribution in [0.15, 0.2) is 31.0 Å². The largest absolute Gasteiger partial charge is 0.477 e. The van der Waals surface area contributed by atoms with Gasteiger partial charge in [0.25, 0.3) is 10.1 Å². The van der Waals surface area contributed by atoms with Crippen LogP contribution in [-0.2, 0) is 85.6 Å². The Balaban J connectivity index is 0.000000706. The molecule has 4 saturated carbocycles. The lowest BCUT2D eigenvalue weighted by molar-refractivity contribution is -0.132. The number of aryl methyl sites for hydroxylation is 3. The maximum atomic E-state index is 11.9. The summed E-state index contributed by atoms with van der Waals surface area (Å²) in [6.07, 6.45) is 13.4. The summed E-state index contributed by atoms with van der Waals surface area (Å²) >= 11 is 11.4. The van der Waals surface area contributed by atoms with Crippen molar-refractivity contribution in [1.82, 2.24) is 48.9 Å². The van der Waals surface area contributed by atoms with Crippen LogP contribution in [0.3, 0.4) is 0 Å². The van der Waals surface area contributed by atoms with Crippen LogP contribution < -0.4 is 29.4 Å². The minimum absolute atomic E-state index is 0. The fourth-order valence-electron chi connectivity index (χ4n) is 11.6. The van der Waals surface area contributed by atoms with E-state index in [-0.39, 0.29) is 152 Å². The molecule has 0 saturated heterocycles. The number of hydrogen-bond acceptors (Lipinski definition) is 30. The minimum atomic E-state index is -3.52. The number of carboxylic acids is 1. The molecule has 0 radical (unpaired) electrons. The number of aliphatic hydroxyl groups is 2. The molecule has 9 rings (SSSR count). The number of aliphatic hydroxyl groups excluding tert-OH is 1. The zero-order chi connectivity index (χ0) is 88.4. The number of alkyl halides is 2. The first-order valence-corrected chi connectivity index (χ1v) is 47.1. The molecule has 35 nitrogen and oxygen atoms in total. The third-order valence-electron chi connectivity index (χ3n) is 16.9. The molecular formula is C77H133Cl2N11O24S4. The van der Waals surface area contributed by atoms with E-state index in [4.69, 9.17) is 81.8 Å². The topological polar surface area (TPSA) is 456 Å². The Morgan fingerprint density at radius 3 is 1.05 bits per heavy atom. The number of aromatic nitrogens is 10. The number of halogens is 2. The average Bonchev–Trinajstić information content (AvgIpc) is 1.14. The van der Waals surface area contributed by atoms with Crippen LogP contribution >= 0.6 is 35.0 Å². The molecule has 4 aliphatic carbocycles. The lowest BCUT2D eigenvalue weighted by Gasteiger charge is -2.57. The highest BCUT2D eigenvalue weighted by Crippen LogP contribution is 2.55. The Bertz CT molecular complexity index is 4090. The summed E-state index contributed by atoms with van der Waals surface area (Å²) in [5, 5.41) is 48.6. The standard InChI is InChI=1S/C14H24N2O5S.C14H24N2O3S.C13H22N2O6S.C12H20N2O5S.C12H20N2O4.C10H17NO.CH2Cl2.CH4/c1-5-20-14(17)12-9-15-16(7-8-22(18,19)6-2)13(12)21-10-11(3)4;1-5-18-14(17)12-9-15-16(7-8-20-6-2)13(12)19-10-11(3)4;1-5-19-13(16)11-8-14-15(6-7-21-22(4,17)18)12(11)20-9-10(2)3;1-4-20(17,18)6-5-14-11(19-8-9(2)3)10(7-13-14)12(15)16;1-4-17-12(16)10-7-13-14(5-6-15)11(10)18-8-9(2)3;11-9-7-1-6-2-8(9)5-10(12,3-6)4-7;2-1-3;/h9,11H,5-8,10H2,1-4H3;9,11H,5-8,10H2,1-4H3;8,10H,5-7,9H2,1-4H3;7,9H,4-6,8H2,1-3H3,(H,15,16);7,9,15H,4-6,8H2,1-3H3;6-9,12H,1-5,11H2;1H2;1H4. The number of carbonyl (C=O) groups is 5. The molecule has 0 aromatic carbocycles. The van der Waals surface area contributed by atoms with E-state index in [9.17, 15) is 54.3 Å². The van der Waals surface area contributed by atoms with E-state index in [2.05, 4.69) is 50.4 Å². The number of nitrogens with two attached hydrogens (primary N) is 1. The molecule has 41 heteroatoms. The highest BCUT2D eigenvalue weighted by atomic mass is 35.5. The van der Waals surface area contributed by atoms with Crippen molar-refractivity contribution in [2.75, 3.05) is 119 Å². The fraction of sp³-hybridized carbons (Fsp3) is 0.740. The third kappa shape index (κ3) is 39.7. The van der Waals surface area contributed by atoms with Crippen molar-refractivity contribution in [3.8, 4) is 29.4 Å². The van der Waals surface area contributed by atoms with Crippen LogP contribution in [0, 0.1) is 47.3 Å². The molecule has 5 aromatic rings. The van der Waals surface area contributed by atoms with Gasteiger partial charge >= 0.3 is 29.8 Å². The molecule has 5 heterocycles. The highest BCUT2D eigenvalue weighted by molar-refractivity contribution is 7.99. The second-order valence-corrected chi connectivity index (χ2v) is 38.2. The van der Waals surface area contributed by atoms with Crippen molar-refractivity contribution >= 4 is 94.6 Å². The number of ether oxygens (including phenoxy) is 9. The van der Waals surface area contributed by atoms with E-state index in [0.717, 1.165) is 49.5 Å². The van der Waals surface area contributed by atoms with E-state index < -0.39 is 53.7 Å². The number of sulfone groups is 2. The SMILES string of the molecule is C.CCOC(=O)c1cnn(CCO)c1OCC(C)C.CCOC(=O)c1cnn(CCOS(C)(=O)=O)c1OCC(C)C.CCOC(=O)c1cnn(CCS(=O)(=O)CC)c1OCC(C)C.CCOC(=O)c1cnn(CCSCC)c1OCC(C)C.CCS(=O)(=O)CCn1ncc(C(=O)O)c1OCC(C)C.ClCCl.NC1C2CC3CC1CC(O)(C3)C2. The van der Waals surface area contributed by atoms with Gasteiger partial charge in [0.15, 0.2) is 19.7 Å². The van der Waals surface area contributed by atoms with Crippen LogP contribution in [0.2, 0.25) is 0 Å². The lowest BCUT2D eigenvalue weighted by atomic mass is 9.52. The Morgan fingerprint density at radius 2 is 0.788 bits per heavy atom. The molecule has 2 unspecified atom stereocenters. The maximum absolute atomic E-state index is 11.9. The molecule has 4 bridgehead atoms. The average molecular weight is 1800 g/mol. The van der Waals surface area contributed by atoms with Gasteiger partial charge in [-0.1, -0.05) is 97.4 Å². The molecule has 5 aromatic heterocycles. The smallest absolute Gasteiger partial charge is 0.345 e. The maximum Gasteiger partial charge on any atom is 0.345 e. The van der Waals surface area contributed by atoms with Gasteiger partial charge < -0.3 is 63.7 Å². The molecule has 4 fully saturated rings. The monoisotopic (exact) mass is 1790 g/mol. The third-order valence-corrected chi connectivity index (χ3v) is 21.8. The predicted molar refractivity (Wildman–Crippen MR) is 453 cm³/mol. The first-order chi connectivity index (χ1) is 55.1. The van der Waals surface area contributed by atoms with Crippen molar-refractivity contribution in [2.24, 2.45) is 53.1 Å². The fourth-order valence-corrected chi connectivity index (χ4v) is 14.1. The Kier molecular flexibility index (Phi) is 51.6. The number of esters is 4. The van der Waals surface area contributed by atoms with Crippen molar-refractivity contribution in [3.63, 3.8) is 0 Å². The van der Waals surface area contributed by atoms with Gasteiger partial charge in [-0.25, -0.2) is 64.2 Å². The minimum Gasteiger partial charge on any atom is -0.477 e. The highest BCUT2D eigenvalue weighted by Gasteiger charge is 2.53. The summed E-state index contributed by atoms with van der Waals surface area (Å²) < 4.78 is 128. The van der Waals surface area contributed by atoms with Gasteiger partial charge in [-0.05, 0) is 113 Å². The summed E-state index contributed by atoms with van der Waals surface area (Å²) in [6.45, 7) is 36.7. The molecule has 0 amide bonds. The van der Waals surface area contributed by atoms with Crippen LogP contribution in [0.1, 0.15) is 209 Å². The number of carbonyl (C=O) groups excluding carboxylic acids is 4. The van der Waals surface area contributed by atoms with Crippen LogP contribution in [0.5, 0.6) is 29.4 Å². The molecule has 0 aliphatic heterocycles. The molecular weight excluding hydrogens is 1660 g/mol. The Morgan fingerprint density at radius 1 is 0.500 bits per heavy atom. The van der Waals surface area contributed by atoms with E-state index >= 15 is 0 Å². The van der Waals surface area contributed by atoms with Crippen molar-refractivity contribution < 1.29 is 111 Å². The zero-order valence-corrected chi connectivity index (χ0v) is 76.0. The van der Waals surface area contributed by atoms with Crippen molar-refractivity contribution in [2.45, 2.75) is 202 Å². The number of hydrogen-bond donors (Lipinski definition) is 4. The number of aromatic carboxylic acids is 1. The molecule has 4 aliphatic rings. The second-order valence-electron chi connectivity index (χ2n) is 29.4. The summed E-state index contributed by atoms with van der Waals surface area (Å²) in [6, 6.07) is 0.404. The van der Waals surface area contributed by atoms with Gasteiger partial charge in [0.1, 0.15) is 27.8 Å². The number of thioether (sulfide) groups is 1. The van der Waals surface area contributed by atoms with Crippen molar-refractivity contribution in [1.29, 1.82) is 0 Å². The van der Waals surface area contributed by atoms with Crippen LogP contribution in [0.4, 0.5) is 0 Å². The van der Waals surface area contributed by atoms with E-state index in [0.29, 0.717) is 98.8 Å². The Labute approximate surface area is 712 Å². The van der Waals surface area contributed by atoms with Gasteiger partial charge in [-0.2, -0.15) is 45.7 Å². The zero-order valence-electron chi connectivity index (χ0n) is 71.2. The van der Waals surface area contributed by atoms with E-state index in [1.165, 1.54) is 62.6 Å². The summed E-state index contributed by atoms with van der Waals surface area (Å²) in [4.78, 5) is 58.5. The summed E-state index contributed by atoms with van der Waals surface area (Å²) in [5.74, 6) is 3.99. The summed E-state index contributed by atoms with van der Waals surface area (Å²) in [7, 11) is -9.78. The molecule has 678 valence electrons. The Hall–Kier alpha value is -6.98. The van der Waals surface area contributed by atoms with E-state index in [1.54, 1.807) is 46.2 Å². The first-order valence-electron chi connectivity index (χ1n) is 39.5. The molecule has 2 atom stereocenters. The van der Waals surface area contributed by atoms with Gasteiger partial charge in [0, 0.05) is 23.3 Å². The first kappa shape index (κ1) is 109. The predicted octanol–water partition coefficient (Wildman–Crippen LogP) is 10.5. The van der Waals surface area contributed by atoms with Gasteiger partial charge in [-0.3, -0.25) is 4.18 Å². The number of nitrogens with zero attached hydrogens (tertiary/aromatic N) is 10. The number of carboxylic acid groups (broad SMARTS) is 1. The van der Waals surface area contributed by atoms with Crippen molar-refractivity contribution in [3.05, 3.63) is 58.8 Å². The molecule has 0 spiro atoms. The van der Waals surface area contributed by atoms with Gasteiger partial charge in [0.05, 0.1) is 165 Å².